The van der Waals surface area contributed by atoms with Crippen LogP contribution in [0.25, 0.3) is 0 Å². The van der Waals surface area contributed by atoms with Gasteiger partial charge in [-0.2, -0.15) is 0 Å². The summed E-state index contributed by atoms with van der Waals surface area (Å²) in [5, 5.41) is 3.49. The van der Waals surface area contributed by atoms with Gasteiger partial charge in [0.15, 0.2) is 0 Å². The van der Waals surface area contributed by atoms with Gasteiger partial charge in [0.25, 0.3) is 0 Å². The summed E-state index contributed by atoms with van der Waals surface area (Å²) in [6.07, 6.45) is 9.09. The first-order chi connectivity index (χ1) is 8.83. The van der Waals surface area contributed by atoms with Gasteiger partial charge in [-0.1, -0.05) is 6.92 Å². The molecular formula is C15H25N3. The average molecular weight is 247 g/mol. The summed E-state index contributed by atoms with van der Waals surface area (Å²) >= 11 is 0. The zero-order valence-electron chi connectivity index (χ0n) is 11.7. The number of piperidine rings is 1. The molecule has 3 heteroatoms. The van der Waals surface area contributed by atoms with Gasteiger partial charge in [0.05, 0.1) is 11.9 Å². The highest BCUT2D eigenvalue weighted by atomic mass is 15.2. The molecule has 1 N–H and O–H groups in total. The molecule has 0 saturated carbocycles. The number of rotatable bonds is 5. The van der Waals surface area contributed by atoms with E-state index in [0.29, 0.717) is 6.04 Å². The third kappa shape index (κ3) is 3.22. The van der Waals surface area contributed by atoms with Crippen LogP contribution in [0.5, 0.6) is 0 Å². The van der Waals surface area contributed by atoms with Crippen LogP contribution in [0.1, 0.15) is 45.1 Å². The molecule has 1 aromatic heterocycles. The molecular weight excluding hydrogens is 222 g/mol. The van der Waals surface area contributed by atoms with Crippen molar-refractivity contribution >= 4 is 5.69 Å². The Hall–Kier alpha value is -1.09. The molecule has 1 aromatic rings. The molecule has 3 nitrogen and oxygen atoms in total. The maximum absolute atomic E-state index is 4.31. The lowest BCUT2D eigenvalue weighted by Gasteiger charge is -2.36. The van der Waals surface area contributed by atoms with Crippen LogP contribution in [0, 0.1) is 0 Å². The number of hydrogen-bond acceptors (Lipinski definition) is 3. The molecule has 100 valence electrons. The van der Waals surface area contributed by atoms with E-state index >= 15 is 0 Å². The molecule has 0 bridgehead atoms. The lowest BCUT2D eigenvalue weighted by molar-refractivity contribution is 0.482. The topological polar surface area (TPSA) is 28.2 Å². The fourth-order valence-electron chi connectivity index (χ4n) is 2.68. The van der Waals surface area contributed by atoms with E-state index in [1.165, 1.54) is 43.5 Å². The van der Waals surface area contributed by atoms with Gasteiger partial charge in [0, 0.05) is 25.3 Å². The predicted molar refractivity (Wildman–Crippen MR) is 76.9 cm³/mol. The first kappa shape index (κ1) is 13.3. The lowest BCUT2D eigenvalue weighted by Crippen LogP contribution is -2.38. The van der Waals surface area contributed by atoms with Gasteiger partial charge < -0.3 is 10.2 Å². The molecule has 0 amide bonds. The molecule has 1 unspecified atom stereocenters. The standard InChI is InChI=1S/C15H25N3/c1-3-8-16-11-14-7-9-17-12-15(14)18-10-5-4-6-13(18)2/h7,9,12-13,16H,3-6,8,10-11H2,1-2H3. The van der Waals surface area contributed by atoms with Gasteiger partial charge in [0.1, 0.15) is 0 Å². The summed E-state index contributed by atoms with van der Waals surface area (Å²) in [5.74, 6) is 0. The second kappa shape index (κ2) is 6.74. The first-order valence-electron chi connectivity index (χ1n) is 7.23. The van der Waals surface area contributed by atoms with E-state index in [1.807, 2.05) is 12.4 Å². The largest absolute Gasteiger partial charge is 0.367 e. The van der Waals surface area contributed by atoms with Crippen LogP contribution in [-0.2, 0) is 6.54 Å². The summed E-state index contributed by atoms with van der Waals surface area (Å²) in [4.78, 5) is 6.84. The normalized spacial score (nSPS) is 20.1. The van der Waals surface area contributed by atoms with Crippen molar-refractivity contribution in [3.8, 4) is 0 Å². The van der Waals surface area contributed by atoms with Gasteiger partial charge >= 0.3 is 0 Å². The lowest BCUT2D eigenvalue weighted by atomic mass is 10.0. The second-order valence-corrected chi connectivity index (χ2v) is 5.22. The summed E-state index contributed by atoms with van der Waals surface area (Å²) in [6, 6.07) is 2.80. The second-order valence-electron chi connectivity index (χ2n) is 5.22. The minimum atomic E-state index is 0.646. The van der Waals surface area contributed by atoms with Crippen molar-refractivity contribution < 1.29 is 0 Å². The van der Waals surface area contributed by atoms with Crippen molar-refractivity contribution in [2.45, 2.75) is 52.1 Å². The fraction of sp³-hybridized carbons (Fsp3) is 0.667. The number of nitrogens with one attached hydrogen (secondary N) is 1. The average Bonchev–Trinajstić information content (AvgIpc) is 2.40. The smallest absolute Gasteiger partial charge is 0.0600 e. The van der Waals surface area contributed by atoms with Gasteiger partial charge in [-0.15, -0.1) is 0 Å². The summed E-state index contributed by atoms with van der Waals surface area (Å²) in [5.41, 5.74) is 2.71. The van der Waals surface area contributed by atoms with Crippen LogP contribution in [0.15, 0.2) is 18.5 Å². The number of pyridine rings is 1. The van der Waals surface area contributed by atoms with Crippen LogP contribution in [-0.4, -0.2) is 24.1 Å². The van der Waals surface area contributed by atoms with Gasteiger partial charge in [-0.3, -0.25) is 4.98 Å². The van der Waals surface area contributed by atoms with Crippen molar-refractivity contribution in [2.75, 3.05) is 18.0 Å². The van der Waals surface area contributed by atoms with E-state index in [4.69, 9.17) is 0 Å². The molecule has 2 heterocycles. The molecule has 0 spiro atoms. The number of hydrogen-bond donors (Lipinski definition) is 1. The summed E-state index contributed by atoms with van der Waals surface area (Å²) in [7, 11) is 0. The third-order valence-corrected chi connectivity index (χ3v) is 3.74. The molecule has 0 aromatic carbocycles. The molecule has 1 aliphatic rings. The molecule has 1 fully saturated rings. The third-order valence-electron chi connectivity index (χ3n) is 3.74. The molecule has 0 aliphatic carbocycles. The number of aromatic nitrogens is 1. The summed E-state index contributed by atoms with van der Waals surface area (Å²) < 4.78 is 0. The Balaban J connectivity index is 2.10. The van der Waals surface area contributed by atoms with Crippen molar-refractivity contribution in [3.05, 3.63) is 24.0 Å². The molecule has 1 saturated heterocycles. The Morgan fingerprint density at radius 3 is 3.11 bits per heavy atom. The van der Waals surface area contributed by atoms with Crippen LogP contribution in [0.2, 0.25) is 0 Å². The van der Waals surface area contributed by atoms with Crippen LogP contribution in [0.4, 0.5) is 5.69 Å². The quantitative estimate of drug-likeness (QED) is 0.811. The zero-order valence-corrected chi connectivity index (χ0v) is 11.7. The number of anilines is 1. The minimum absolute atomic E-state index is 0.646. The number of nitrogens with zero attached hydrogens (tertiary/aromatic N) is 2. The van der Waals surface area contributed by atoms with Gasteiger partial charge in [-0.25, -0.2) is 0 Å². The van der Waals surface area contributed by atoms with E-state index in [1.54, 1.807) is 0 Å². The highest BCUT2D eigenvalue weighted by molar-refractivity contribution is 5.52. The molecule has 0 radical (unpaired) electrons. The Kier molecular flexibility index (Phi) is 5.00. The zero-order chi connectivity index (χ0) is 12.8. The van der Waals surface area contributed by atoms with Crippen LogP contribution in [0.3, 0.4) is 0 Å². The van der Waals surface area contributed by atoms with E-state index in [9.17, 15) is 0 Å². The van der Waals surface area contributed by atoms with Crippen LogP contribution >= 0.6 is 0 Å². The van der Waals surface area contributed by atoms with E-state index in [2.05, 4.69) is 35.1 Å². The van der Waals surface area contributed by atoms with Crippen LogP contribution < -0.4 is 10.2 Å². The Bertz CT molecular complexity index is 365. The molecule has 1 atom stereocenters. The monoisotopic (exact) mass is 247 g/mol. The van der Waals surface area contributed by atoms with E-state index in [0.717, 1.165) is 13.1 Å². The van der Waals surface area contributed by atoms with Crippen molar-refractivity contribution in [2.24, 2.45) is 0 Å². The van der Waals surface area contributed by atoms with E-state index in [-0.39, 0.29) is 0 Å². The van der Waals surface area contributed by atoms with Gasteiger partial charge in [-0.05, 0) is 50.8 Å². The van der Waals surface area contributed by atoms with Gasteiger partial charge in [0.2, 0.25) is 0 Å². The maximum Gasteiger partial charge on any atom is 0.0600 e. The Labute approximate surface area is 111 Å². The molecule has 1 aliphatic heterocycles. The first-order valence-corrected chi connectivity index (χ1v) is 7.23. The SMILES string of the molecule is CCCNCc1ccncc1N1CCCCC1C. The van der Waals surface area contributed by atoms with E-state index < -0.39 is 0 Å². The predicted octanol–water partition coefficient (Wildman–Crippen LogP) is 2.96. The highest BCUT2D eigenvalue weighted by Crippen LogP contribution is 2.26. The molecule has 2 rings (SSSR count). The van der Waals surface area contributed by atoms with Crippen molar-refractivity contribution in [1.29, 1.82) is 0 Å². The van der Waals surface area contributed by atoms with Crippen molar-refractivity contribution in [3.63, 3.8) is 0 Å². The van der Waals surface area contributed by atoms with Crippen molar-refractivity contribution in [1.82, 2.24) is 10.3 Å². The molecule has 18 heavy (non-hydrogen) atoms. The Morgan fingerprint density at radius 1 is 1.44 bits per heavy atom. The fourth-order valence-corrected chi connectivity index (χ4v) is 2.68. The highest BCUT2D eigenvalue weighted by Gasteiger charge is 2.20. The summed E-state index contributed by atoms with van der Waals surface area (Å²) in [6.45, 7) is 7.74. The Morgan fingerprint density at radius 2 is 2.33 bits per heavy atom. The maximum atomic E-state index is 4.31. The minimum Gasteiger partial charge on any atom is -0.367 e.